The lowest BCUT2D eigenvalue weighted by atomic mass is 9.78. The van der Waals surface area contributed by atoms with Gasteiger partial charge in [0.1, 0.15) is 11.6 Å². The molecule has 0 radical (unpaired) electrons. The average Bonchev–Trinajstić information content (AvgIpc) is 3.00. The Hall–Kier alpha value is -2.70. The lowest BCUT2D eigenvalue weighted by Crippen LogP contribution is -2.75. The van der Waals surface area contributed by atoms with Crippen LogP contribution in [-0.4, -0.2) is 64.0 Å². The smallest absolute Gasteiger partial charge is 0.248 e. The predicted molar refractivity (Wildman–Crippen MR) is 159 cm³/mol. The van der Waals surface area contributed by atoms with Gasteiger partial charge in [-0.05, 0) is 67.6 Å². The summed E-state index contributed by atoms with van der Waals surface area (Å²) in [6.45, 7) is 5.10. The molecule has 2 N–H and O–H groups in total. The zero-order valence-corrected chi connectivity index (χ0v) is 24.2. The number of aliphatic hydroxyl groups is 1. The minimum absolute atomic E-state index is 0.0644. The lowest BCUT2D eigenvalue weighted by molar-refractivity contribution is -0.166. The van der Waals surface area contributed by atoms with E-state index in [1.807, 2.05) is 4.90 Å². The van der Waals surface area contributed by atoms with E-state index in [-0.39, 0.29) is 17.7 Å². The Labute approximate surface area is 240 Å². The van der Waals surface area contributed by atoms with E-state index in [4.69, 9.17) is 0 Å². The van der Waals surface area contributed by atoms with Crippen molar-refractivity contribution in [2.24, 2.45) is 5.92 Å². The number of carbonyl (C=O) groups excluding carboxylic acids is 2. The molecule has 6 nitrogen and oxygen atoms in total. The maximum absolute atomic E-state index is 13.8. The first-order valence-electron chi connectivity index (χ1n) is 15.6. The molecule has 1 spiro atoms. The first-order chi connectivity index (χ1) is 19.5. The monoisotopic (exact) mass is 545 g/mol. The first kappa shape index (κ1) is 28.8. The molecule has 2 atom stereocenters. The summed E-state index contributed by atoms with van der Waals surface area (Å²) in [7, 11) is 0. The Morgan fingerprint density at radius 3 is 2.17 bits per heavy atom. The average molecular weight is 546 g/mol. The van der Waals surface area contributed by atoms with Crippen molar-refractivity contribution in [1.29, 1.82) is 0 Å². The van der Waals surface area contributed by atoms with E-state index in [1.165, 1.54) is 23.1 Å². The van der Waals surface area contributed by atoms with Gasteiger partial charge in [0.15, 0.2) is 0 Å². The maximum atomic E-state index is 13.8. The van der Waals surface area contributed by atoms with Crippen LogP contribution < -0.4 is 5.32 Å². The van der Waals surface area contributed by atoms with Gasteiger partial charge in [0.2, 0.25) is 11.8 Å². The van der Waals surface area contributed by atoms with Crippen molar-refractivity contribution in [3.05, 3.63) is 71.3 Å². The number of piperidine rings is 1. The fourth-order valence-corrected chi connectivity index (χ4v) is 7.04. The van der Waals surface area contributed by atoms with Gasteiger partial charge in [-0.1, -0.05) is 87.2 Å². The molecular formula is C34H47N3O3. The predicted octanol–water partition coefficient (Wildman–Crippen LogP) is 4.87. The van der Waals surface area contributed by atoms with Gasteiger partial charge in [-0.3, -0.25) is 14.5 Å². The van der Waals surface area contributed by atoms with Crippen molar-refractivity contribution < 1.29 is 14.7 Å². The van der Waals surface area contributed by atoms with Crippen molar-refractivity contribution in [3.63, 3.8) is 0 Å². The van der Waals surface area contributed by atoms with Crippen molar-refractivity contribution in [2.45, 2.75) is 102 Å². The molecule has 5 rings (SSSR count). The largest absolute Gasteiger partial charge is 0.390 e. The molecule has 0 unspecified atom stereocenters. The number of benzene rings is 2. The highest BCUT2D eigenvalue weighted by molar-refractivity contribution is 6.00. The number of hydrogen-bond donors (Lipinski definition) is 2. The zero-order valence-electron chi connectivity index (χ0n) is 24.2. The third-order valence-electron chi connectivity index (χ3n) is 9.63. The van der Waals surface area contributed by atoms with Crippen LogP contribution in [0.5, 0.6) is 0 Å². The molecule has 1 aliphatic carbocycles. The summed E-state index contributed by atoms with van der Waals surface area (Å²) in [4.78, 5) is 31.8. The van der Waals surface area contributed by atoms with Crippen LogP contribution in [0.3, 0.4) is 0 Å². The molecular weight excluding hydrogens is 498 g/mol. The third kappa shape index (κ3) is 6.44. The maximum Gasteiger partial charge on any atom is 0.248 e. The van der Waals surface area contributed by atoms with Gasteiger partial charge < -0.3 is 15.3 Å². The summed E-state index contributed by atoms with van der Waals surface area (Å²) in [5, 5.41) is 14.2. The molecule has 2 aromatic rings. The van der Waals surface area contributed by atoms with Crippen LogP contribution in [0.4, 0.5) is 0 Å². The summed E-state index contributed by atoms with van der Waals surface area (Å²) in [5.41, 5.74) is 3.19. The number of unbranched alkanes of at least 4 members (excludes halogenated alkanes) is 1. The molecule has 2 heterocycles. The number of likely N-dealkylation sites (tertiary alicyclic amines) is 1. The fraction of sp³-hybridized carbons (Fsp3) is 0.588. The highest BCUT2D eigenvalue weighted by atomic mass is 16.3. The molecule has 3 fully saturated rings. The summed E-state index contributed by atoms with van der Waals surface area (Å²) < 4.78 is 0. The van der Waals surface area contributed by atoms with Crippen LogP contribution in [-0.2, 0) is 29.0 Å². The number of nitrogens with one attached hydrogen (secondary N) is 1. The van der Waals surface area contributed by atoms with E-state index in [1.54, 1.807) is 0 Å². The summed E-state index contributed by atoms with van der Waals surface area (Å²) >= 11 is 0. The van der Waals surface area contributed by atoms with Gasteiger partial charge in [0.25, 0.3) is 0 Å². The fourth-order valence-electron chi connectivity index (χ4n) is 7.04. The first-order valence-corrected chi connectivity index (χ1v) is 15.6. The molecule has 2 aliphatic heterocycles. The number of amides is 2. The van der Waals surface area contributed by atoms with E-state index < -0.39 is 17.7 Å². The van der Waals surface area contributed by atoms with Crippen molar-refractivity contribution >= 4 is 11.8 Å². The number of carbonyl (C=O) groups is 2. The van der Waals surface area contributed by atoms with Crippen molar-refractivity contribution in [2.75, 3.05) is 19.6 Å². The zero-order chi connectivity index (χ0) is 28.0. The van der Waals surface area contributed by atoms with E-state index in [9.17, 15) is 14.7 Å². The summed E-state index contributed by atoms with van der Waals surface area (Å²) in [5.74, 6) is -0.0483. The number of hydrogen-bond acceptors (Lipinski definition) is 4. The Morgan fingerprint density at radius 1 is 0.900 bits per heavy atom. The minimum Gasteiger partial charge on any atom is -0.390 e. The molecule has 2 amide bonds. The van der Waals surface area contributed by atoms with E-state index in [0.717, 1.165) is 71.0 Å². The van der Waals surface area contributed by atoms with Crippen molar-refractivity contribution in [1.82, 2.24) is 15.1 Å². The second kappa shape index (κ2) is 13.3. The second-order valence-corrected chi connectivity index (χ2v) is 12.3. The topological polar surface area (TPSA) is 72.9 Å². The minimum atomic E-state index is -0.809. The second-order valence-electron chi connectivity index (χ2n) is 12.3. The van der Waals surface area contributed by atoms with Gasteiger partial charge in [0, 0.05) is 26.2 Å². The Kier molecular flexibility index (Phi) is 9.59. The van der Waals surface area contributed by atoms with E-state index >= 15 is 0 Å². The van der Waals surface area contributed by atoms with Gasteiger partial charge in [-0.2, -0.15) is 0 Å². The number of nitrogens with zero attached hydrogens (tertiary/aromatic N) is 2. The summed E-state index contributed by atoms with van der Waals surface area (Å²) in [6, 6.07) is 18.7. The number of rotatable bonds is 10. The van der Waals surface area contributed by atoms with Crippen LogP contribution >= 0.6 is 0 Å². The highest BCUT2D eigenvalue weighted by Crippen LogP contribution is 2.36. The molecule has 0 aromatic heterocycles. The Balaban J connectivity index is 1.19. The number of aliphatic hydroxyl groups excluding tert-OH is 1. The van der Waals surface area contributed by atoms with Crippen molar-refractivity contribution in [3.8, 4) is 0 Å². The van der Waals surface area contributed by atoms with Gasteiger partial charge in [0.05, 0.1) is 6.10 Å². The third-order valence-corrected chi connectivity index (χ3v) is 9.63. The molecule has 3 aliphatic rings. The SMILES string of the molecule is CCCCN1C(=O)[C@@H]([C@H](O)C2CCCCC2)NC(=O)C12CCN(Cc1ccc(CCc3ccccc3)cc1)CC2. The number of piperazine rings is 1. The molecule has 1 saturated carbocycles. The van der Waals surface area contributed by atoms with Crippen LogP contribution in [0.25, 0.3) is 0 Å². The molecule has 216 valence electrons. The van der Waals surface area contributed by atoms with E-state index in [2.05, 4.69) is 71.7 Å². The van der Waals surface area contributed by atoms with Gasteiger partial charge in [-0.15, -0.1) is 0 Å². The molecule has 2 saturated heterocycles. The van der Waals surface area contributed by atoms with Crippen LogP contribution in [0.1, 0.15) is 81.4 Å². The van der Waals surface area contributed by atoms with Gasteiger partial charge in [-0.25, -0.2) is 0 Å². The van der Waals surface area contributed by atoms with Crippen LogP contribution in [0, 0.1) is 5.92 Å². The Morgan fingerprint density at radius 2 is 1.52 bits per heavy atom. The molecule has 40 heavy (non-hydrogen) atoms. The standard InChI is InChI=1S/C34H47N3O3/c1-2-3-22-37-32(39)30(31(38)29-12-8-5-9-13-29)35-33(40)34(37)20-23-36(24-21-34)25-28-18-16-27(17-19-28)15-14-26-10-6-4-7-11-26/h4,6-7,10-11,16-19,29-31,38H,2-3,5,8-9,12-15,20-25H2,1H3,(H,35,40)/t30-,31-/m1/s1. The normalized spacial score (nSPS) is 22.9. The summed E-state index contributed by atoms with van der Waals surface area (Å²) in [6.07, 6.45) is 9.62. The van der Waals surface area contributed by atoms with Crippen LogP contribution in [0.2, 0.25) is 0 Å². The Bertz CT molecular complexity index is 1110. The molecule has 0 bridgehead atoms. The lowest BCUT2D eigenvalue weighted by Gasteiger charge is -2.52. The number of aryl methyl sites for hydroxylation is 2. The van der Waals surface area contributed by atoms with Gasteiger partial charge >= 0.3 is 0 Å². The molecule has 6 heteroatoms. The molecule has 2 aromatic carbocycles. The van der Waals surface area contributed by atoms with Crippen LogP contribution in [0.15, 0.2) is 54.6 Å². The highest BCUT2D eigenvalue weighted by Gasteiger charge is 2.55. The quantitative estimate of drug-likeness (QED) is 0.447. The van der Waals surface area contributed by atoms with E-state index in [0.29, 0.717) is 19.4 Å².